The number of carboxylic acids is 1. The molecule has 0 aliphatic heterocycles. The van der Waals surface area contributed by atoms with Crippen LogP contribution < -0.4 is 5.32 Å². The van der Waals surface area contributed by atoms with E-state index in [4.69, 9.17) is 5.11 Å². The molecule has 1 aromatic carbocycles. The summed E-state index contributed by atoms with van der Waals surface area (Å²) in [6.07, 6.45) is 5.91. The molecule has 1 fully saturated rings. The molecule has 0 saturated heterocycles. The summed E-state index contributed by atoms with van der Waals surface area (Å²) in [5, 5.41) is 12.2. The van der Waals surface area contributed by atoms with E-state index in [-0.39, 0.29) is 23.8 Å². The molecule has 3 rings (SSSR count). The number of nitrogens with one attached hydrogen (secondary N) is 1. The number of benzene rings is 1. The van der Waals surface area contributed by atoms with Crippen molar-refractivity contribution in [3.05, 3.63) is 35.4 Å². The van der Waals surface area contributed by atoms with Crippen LogP contribution in [-0.2, 0) is 16.0 Å². The Morgan fingerprint density at radius 2 is 1.77 bits per heavy atom. The fourth-order valence-corrected chi connectivity index (χ4v) is 3.81. The molecule has 1 amide bonds. The van der Waals surface area contributed by atoms with Crippen LogP contribution in [0, 0.1) is 5.92 Å². The van der Waals surface area contributed by atoms with Crippen molar-refractivity contribution in [2.75, 3.05) is 0 Å². The summed E-state index contributed by atoms with van der Waals surface area (Å²) in [7, 11) is 0. The maximum Gasteiger partial charge on any atom is 0.306 e. The molecule has 2 aliphatic carbocycles. The SMILES string of the molecule is O=C(O)C1CCC(NC(=O)C2CCCc3ccccc32)CC1. The molecule has 0 spiro atoms. The number of aryl methyl sites for hydroxylation is 1. The second-order valence-corrected chi connectivity index (χ2v) is 6.54. The molecule has 118 valence electrons. The van der Waals surface area contributed by atoms with Crippen molar-refractivity contribution >= 4 is 11.9 Å². The number of carbonyl (C=O) groups is 2. The Kier molecular flexibility index (Phi) is 4.46. The van der Waals surface area contributed by atoms with Crippen molar-refractivity contribution in [3.63, 3.8) is 0 Å². The van der Waals surface area contributed by atoms with E-state index in [2.05, 4.69) is 17.4 Å². The van der Waals surface area contributed by atoms with Gasteiger partial charge < -0.3 is 10.4 Å². The maximum atomic E-state index is 12.6. The average molecular weight is 301 g/mol. The normalized spacial score (nSPS) is 27.7. The Balaban J connectivity index is 1.61. The number of hydrogen-bond acceptors (Lipinski definition) is 2. The van der Waals surface area contributed by atoms with Crippen LogP contribution in [0.1, 0.15) is 55.6 Å². The zero-order chi connectivity index (χ0) is 15.5. The third kappa shape index (κ3) is 3.16. The first kappa shape index (κ1) is 15.1. The van der Waals surface area contributed by atoms with Gasteiger partial charge in [0.05, 0.1) is 11.8 Å². The molecule has 4 heteroatoms. The molecule has 1 aromatic rings. The molecule has 1 saturated carbocycles. The predicted octanol–water partition coefficient (Wildman–Crippen LogP) is 2.87. The van der Waals surface area contributed by atoms with Crippen molar-refractivity contribution in [1.82, 2.24) is 5.32 Å². The van der Waals surface area contributed by atoms with Crippen molar-refractivity contribution in [2.24, 2.45) is 5.92 Å². The quantitative estimate of drug-likeness (QED) is 0.902. The summed E-state index contributed by atoms with van der Waals surface area (Å²) in [5.41, 5.74) is 2.47. The van der Waals surface area contributed by atoms with Crippen LogP contribution in [0.5, 0.6) is 0 Å². The van der Waals surface area contributed by atoms with E-state index in [0.29, 0.717) is 12.8 Å². The zero-order valence-electron chi connectivity index (χ0n) is 12.8. The molecular formula is C18H23NO3. The molecule has 0 aromatic heterocycles. The molecule has 0 heterocycles. The monoisotopic (exact) mass is 301 g/mol. The number of amides is 1. The van der Waals surface area contributed by atoms with Crippen LogP contribution in [0.15, 0.2) is 24.3 Å². The van der Waals surface area contributed by atoms with E-state index in [9.17, 15) is 9.59 Å². The largest absolute Gasteiger partial charge is 0.481 e. The van der Waals surface area contributed by atoms with Gasteiger partial charge in [-0.05, 0) is 56.1 Å². The first-order chi connectivity index (χ1) is 10.6. The van der Waals surface area contributed by atoms with Gasteiger partial charge in [-0.15, -0.1) is 0 Å². The van der Waals surface area contributed by atoms with E-state index in [1.54, 1.807) is 0 Å². The highest BCUT2D eigenvalue weighted by atomic mass is 16.4. The van der Waals surface area contributed by atoms with Gasteiger partial charge in [0.15, 0.2) is 0 Å². The van der Waals surface area contributed by atoms with Crippen LogP contribution in [0.4, 0.5) is 0 Å². The van der Waals surface area contributed by atoms with Gasteiger partial charge in [0.1, 0.15) is 0 Å². The summed E-state index contributed by atoms with van der Waals surface area (Å²) >= 11 is 0. The second-order valence-electron chi connectivity index (χ2n) is 6.54. The fourth-order valence-electron chi connectivity index (χ4n) is 3.81. The van der Waals surface area contributed by atoms with E-state index in [0.717, 1.165) is 32.1 Å². The Hall–Kier alpha value is -1.84. The summed E-state index contributed by atoms with van der Waals surface area (Å²) < 4.78 is 0. The lowest BCUT2D eigenvalue weighted by atomic mass is 9.81. The molecule has 2 N–H and O–H groups in total. The van der Waals surface area contributed by atoms with Crippen LogP contribution >= 0.6 is 0 Å². The minimum absolute atomic E-state index is 0.0397. The number of carbonyl (C=O) groups excluding carboxylic acids is 1. The Bertz CT molecular complexity index is 561. The predicted molar refractivity (Wildman–Crippen MR) is 83.6 cm³/mol. The van der Waals surface area contributed by atoms with Crippen molar-refractivity contribution < 1.29 is 14.7 Å². The number of fused-ring (bicyclic) bond motifs is 1. The highest BCUT2D eigenvalue weighted by Gasteiger charge is 2.30. The lowest BCUT2D eigenvalue weighted by Crippen LogP contribution is -2.41. The Labute approximate surface area is 130 Å². The third-order valence-corrected chi connectivity index (χ3v) is 5.11. The second kappa shape index (κ2) is 6.51. The van der Waals surface area contributed by atoms with Crippen LogP contribution in [0.2, 0.25) is 0 Å². The standard InChI is InChI=1S/C18H23NO3/c20-17(19-14-10-8-13(9-11-14)18(21)22)16-7-3-5-12-4-1-2-6-15(12)16/h1-2,4,6,13-14,16H,3,5,7-11H2,(H,19,20)(H,21,22). The van der Waals surface area contributed by atoms with Gasteiger partial charge in [-0.25, -0.2) is 0 Å². The fraction of sp³-hybridized carbons (Fsp3) is 0.556. The van der Waals surface area contributed by atoms with Crippen LogP contribution in [0.3, 0.4) is 0 Å². The summed E-state index contributed by atoms with van der Waals surface area (Å²) in [6.45, 7) is 0. The van der Waals surface area contributed by atoms with Crippen molar-refractivity contribution in [1.29, 1.82) is 0 Å². The maximum absolute atomic E-state index is 12.6. The van der Waals surface area contributed by atoms with Gasteiger partial charge in [0.25, 0.3) is 0 Å². The molecule has 1 atom stereocenters. The highest BCUT2D eigenvalue weighted by molar-refractivity contribution is 5.84. The van der Waals surface area contributed by atoms with Gasteiger partial charge in [0.2, 0.25) is 5.91 Å². The molecule has 1 unspecified atom stereocenters. The smallest absolute Gasteiger partial charge is 0.306 e. The number of aliphatic carboxylic acids is 1. The highest BCUT2D eigenvalue weighted by Crippen LogP contribution is 2.32. The van der Waals surface area contributed by atoms with Gasteiger partial charge in [-0.2, -0.15) is 0 Å². The number of hydrogen-bond donors (Lipinski definition) is 2. The van der Waals surface area contributed by atoms with Crippen molar-refractivity contribution in [2.45, 2.75) is 56.9 Å². The van der Waals surface area contributed by atoms with E-state index in [1.165, 1.54) is 11.1 Å². The Morgan fingerprint density at radius 3 is 2.50 bits per heavy atom. The summed E-state index contributed by atoms with van der Waals surface area (Å²) in [5.74, 6) is -0.859. The number of rotatable bonds is 3. The zero-order valence-corrected chi connectivity index (χ0v) is 12.8. The summed E-state index contributed by atoms with van der Waals surface area (Å²) in [4.78, 5) is 23.6. The minimum Gasteiger partial charge on any atom is -0.481 e. The first-order valence-electron chi connectivity index (χ1n) is 8.26. The van der Waals surface area contributed by atoms with Gasteiger partial charge >= 0.3 is 5.97 Å². The molecule has 2 aliphatic rings. The van der Waals surface area contributed by atoms with Crippen LogP contribution in [-0.4, -0.2) is 23.0 Å². The van der Waals surface area contributed by atoms with Gasteiger partial charge in [-0.3, -0.25) is 9.59 Å². The average Bonchev–Trinajstić information content (AvgIpc) is 2.54. The van der Waals surface area contributed by atoms with Crippen LogP contribution in [0.25, 0.3) is 0 Å². The molecule has 0 bridgehead atoms. The lowest BCUT2D eigenvalue weighted by Gasteiger charge is -2.30. The topological polar surface area (TPSA) is 66.4 Å². The third-order valence-electron chi connectivity index (χ3n) is 5.11. The van der Waals surface area contributed by atoms with E-state index < -0.39 is 5.97 Å². The molecule has 22 heavy (non-hydrogen) atoms. The van der Waals surface area contributed by atoms with E-state index >= 15 is 0 Å². The van der Waals surface area contributed by atoms with E-state index in [1.807, 2.05) is 12.1 Å². The molecule has 0 radical (unpaired) electrons. The summed E-state index contributed by atoms with van der Waals surface area (Å²) in [6, 6.07) is 8.36. The first-order valence-corrected chi connectivity index (χ1v) is 8.26. The van der Waals surface area contributed by atoms with Gasteiger partial charge in [0, 0.05) is 6.04 Å². The number of carboxylic acid groups (broad SMARTS) is 1. The Morgan fingerprint density at radius 1 is 1.05 bits per heavy atom. The molecular weight excluding hydrogens is 278 g/mol. The minimum atomic E-state index is -0.703. The van der Waals surface area contributed by atoms with Gasteiger partial charge in [-0.1, -0.05) is 24.3 Å². The lowest BCUT2D eigenvalue weighted by molar-refractivity contribution is -0.142. The molecule has 4 nitrogen and oxygen atoms in total. The van der Waals surface area contributed by atoms with Crippen molar-refractivity contribution in [3.8, 4) is 0 Å².